The lowest BCUT2D eigenvalue weighted by atomic mass is 10.1. The van der Waals surface area contributed by atoms with Gasteiger partial charge >= 0.3 is 5.97 Å². The van der Waals surface area contributed by atoms with Gasteiger partial charge in [0.15, 0.2) is 5.13 Å². The molecule has 2 heterocycles. The topological polar surface area (TPSA) is 67.0 Å². The Kier molecular flexibility index (Phi) is 4.80. The minimum Gasteiger partial charge on any atom is -0.462 e. The Morgan fingerprint density at radius 3 is 2.95 bits per heavy atom. The number of rotatable bonds is 6. The van der Waals surface area contributed by atoms with Crippen molar-refractivity contribution < 1.29 is 9.53 Å². The predicted octanol–water partition coefficient (Wildman–Crippen LogP) is 3.53. The van der Waals surface area contributed by atoms with E-state index in [0.29, 0.717) is 18.7 Å². The summed E-state index contributed by atoms with van der Waals surface area (Å²) in [7, 11) is 0. The molecule has 0 aliphatic rings. The number of nitrogens with zero attached hydrogens (tertiary/aromatic N) is 1. The zero-order valence-corrected chi connectivity index (χ0v) is 13.3. The van der Waals surface area contributed by atoms with Crippen LogP contribution in [-0.2, 0) is 4.74 Å². The number of ether oxygens (including phenoxy) is 1. The number of thiazole rings is 1. The summed E-state index contributed by atoms with van der Waals surface area (Å²) in [6.07, 6.45) is 1.77. The van der Waals surface area contributed by atoms with Gasteiger partial charge in [-0.15, -0.1) is 17.9 Å². The Labute approximate surface area is 128 Å². The lowest BCUT2D eigenvalue weighted by molar-refractivity contribution is 0.0526. The molecule has 112 valence electrons. The van der Waals surface area contributed by atoms with Gasteiger partial charge in [-0.05, 0) is 20.8 Å². The molecule has 2 aromatic heterocycles. The number of esters is 1. The summed E-state index contributed by atoms with van der Waals surface area (Å²) in [6, 6.07) is 0. The molecule has 0 unspecified atom stereocenters. The van der Waals surface area contributed by atoms with E-state index >= 15 is 0 Å². The molecule has 0 aromatic carbocycles. The van der Waals surface area contributed by atoms with Crippen molar-refractivity contribution in [2.45, 2.75) is 20.8 Å². The third-order valence-electron chi connectivity index (χ3n) is 3.01. The van der Waals surface area contributed by atoms with E-state index < -0.39 is 0 Å². The van der Waals surface area contributed by atoms with E-state index in [1.807, 2.05) is 19.2 Å². The first-order chi connectivity index (χ1) is 10.1. The molecule has 6 heteroatoms. The number of H-pyrrole nitrogens is 1. The highest BCUT2D eigenvalue weighted by atomic mass is 32.1. The molecule has 2 aromatic rings. The summed E-state index contributed by atoms with van der Waals surface area (Å²) >= 11 is 1.50. The van der Waals surface area contributed by atoms with Crippen molar-refractivity contribution in [2.75, 3.05) is 18.5 Å². The highest BCUT2D eigenvalue weighted by Crippen LogP contribution is 2.32. The standard InChI is InChI=1S/C15H19N3O2S/c1-5-7-16-15-18-11(8-21-15)12-9(3)17-10(4)13(12)14(19)20-6-2/h5,8,17H,1,6-7H2,2-4H3,(H,16,18). The van der Waals surface area contributed by atoms with E-state index in [2.05, 4.69) is 21.9 Å². The van der Waals surface area contributed by atoms with Gasteiger partial charge in [0.25, 0.3) is 0 Å². The van der Waals surface area contributed by atoms with Crippen LogP contribution in [0.25, 0.3) is 11.3 Å². The van der Waals surface area contributed by atoms with Crippen molar-refractivity contribution in [3.05, 3.63) is 35.0 Å². The molecule has 0 bridgehead atoms. The van der Waals surface area contributed by atoms with Crippen LogP contribution in [0.3, 0.4) is 0 Å². The fraction of sp³-hybridized carbons (Fsp3) is 0.333. The average molecular weight is 305 g/mol. The highest BCUT2D eigenvalue weighted by Gasteiger charge is 2.23. The van der Waals surface area contributed by atoms with Crippen molar-refractivity contribution in [3.63, 3.8) is 0 Å². The maximum atomic E-state index is 12.2. The Bertz CT molecular complexity index is 658. The van der Waals surface area contributed by atoms with Crippen LogP contribution in [-0.4, -0.2) is 29.1 Å². The fourth-order valence-corrected chi connectivity index (χ4v) is 2.90. The van der Waals surface area contributed by atoms with Crippen molar-refractivity contribution in [1.82, 2.24) is 9.97 Å². The van der Waals surface area contributed by atoms with Crippen LogP contribution in [0.2, 0.25) is 0 Å². The number of anilines is 1. The van der Waals surface area contributed by atoms with Crippen LogP contribution in [0.1, 0.15) is 28.7 Å². The van der Waals surface area contributed by atoms with Crippen LogP contribution in [0.5, 0.6) is 0 Å². The fourth-order valence-electron chi connectivity index (χ4n) is 2.19. The SMILES string of the molecule is C=CCNc1nc(-c2c(C)[nH]c(C)c2C(=O)OCC)cs1. The number of carbonyl (C=O) groups excluding carboxylic acids is 1. The molecule has 0 amide bonds. The number of hydrogen-bond donors (Lipinski definition) is 2. The third-order valence-corrected chi connectivity index (χ3v) is 3.81. The van der Waals surface area contributed by atoms with Gasteiger partial charge in [0.05, 0.1) is 17.9 Å². The van der Waals surface area contributed by atoms with Gasteiger partial charge in [-0.1, -0.05) is 6.08 Å². The second-order valence-electron chi connectivity index (χ2n) is 4.55. The molecule has 2 rings (SSSR count). The monoisotopic (exact) mass is 305 g/mol. The van der Waals surface area contributed by atoms with Gasteiger partial charge < -0.3 is 15.0 Å². The summed E-state index contributed by atoms with van der Waals surface area (Å²) in [5.74, 6) is -0.317. The number of aromatic nitrogens is 2. The van der Waals surface area contributed by atoms with Crippen molar-refractivity contribution in [3.8, 4) is 11.3 Å². The van der Waals surface area contributed by atoms with Gasteiger partial charge in [0, 0.05) is 28.9 Å². The van der Waals surface area contributed by atoms with Gasteiger partial charge in [-0.2, -0.15) is 0 Å². The molecule has 0 aliphatic carbocycles. The number of carbonyl (C=O) groups is 1. The van der Waals surface area contributed by atoms with E-state index in [1.54, 1.807) is 13.0 Å². The van der Waals surface area contributed by atoms with Crippen LogP contribution in [0.4, 0.5) is 5.13 Å². The van der Waals surface area contributed by atoms with Crippen LogP contribution >= 0.6 is 11.3 Å². The van der Waals surface area contributed by atoms with Crippen LogP contribution in [0, 0.1) is 13.8 Å². The van der Waals surface area contributed by atoms with E-state index in [1.165, 1.54) is 11.3 Å². The molecule has 0 saturated carbocycles. The second-order valence-corrected chi connectivity index (χ2v) is 5.41. The quantitative estimate of drug-likeness (QED) is 0.633. The van der Waals surface area contributed by atoms with Gasteiger partial charge in [0.2, 0.25) is 0 Å². The Hall–Kier alpha value is -2.08. The molecule has 0 aliphatic heterocycles. The zero-order chi connectivity index (χ0) is 15.4. The maximum Gasteiger partial charge on any atom is 0.340 e. The largest absolute Gasteiger partial charge is 0.462 e. The Balaban J connectivity index is 2.41. The molecule has 0 fully saturated rings. The summed E-state index contributed by atoms with van der Waals surface area (Å²) in [5, 5.41) is 5.89. The van der Waals surface area contributed by atoms with E-state index in [-0.39, 0.29) is 5.97 Å². The second kappa shape index (κ2) is 6.58. The van der Waals surface area contributed by atoms with Crippen molar-refractivity contribution in [1.29, 1.82) is 0 Å². The minimum absolute atomic E-state index is 0.317. The van der Waals surface area contributed by atoms with Crippen LogP contribution < -0.4 is 5.32 Å². The normalized spacial score (nSPS) is 10.4. The van der Waals surface area contributed by atoms with Crippen LogP contribution in [0.15, 0.2) is 18.0 Å². The predicted molar refractivity (Wildman–Crippen MR) is 86.0 cm³/mol. The first-order valence-electron chi connectivity index (χ1n) is 6.75. The summed E-state index contributed by atoms with van der Waals surface area (Å²) in [6.45, 7) is 10.3. The first-order valence-corrected chi connectivity index (χ1v) is 7.63. The third kappa shape index (κ3) is 3.16. The summed E-state index contributed by atoms with van der Waals surface area (Å²) in [4.78, 5) is 19.9. The smallest absolute Gasteiger partial charge is 0.340 e. The molecule has 2 N–H and O–H groups in total. The van der Waals surface area contributed by atoms with E-state index in [4.69, 9.17) is 4.74 Å². The molecule has 0 atom stereocenters. The highest BCUT2D eigenvalue weighted by molar-refractivity contribution is 7.14. The van der Waals surface area contributed by atoms with Crippen molar-refractivity contribution >= 4 is 22.4 Å². The molecule has 0 saturated heterocycles. The van der Waals surface area contributed by atoms with E-state index in [0.717, 1.165) is 27.8 Å². The number of nitrogens with one attached hydrogen (secondary N) is 2. The molecule has 5 nitrogen and oxygen atoms in total. The Morgan fingerprint density at radius 1 is 1.52 bits per heavy atom. The zero-order valence-electron chi connectivity index (χ0n) is 12.4. The average Bonchev–Trinajstić information content (AvgIpc) is 3.00. The van der Waals surface area contributed by atoms with Gasteiger partial charge in [-0.3, -0.25) is 0 Å². The van der Waals surface area contributed by atoms with Gasteiger partial charge in [-0.25, -0.2) is 9.78 Å². The maximum absolute atomic E-state index is 12.2. The lowest BCUT2D eigenvalue weighted by Gasteiger charge is -2.04. The molecule has 0 radical (unpaired) electrons. The summed E-state index contributed by atoms with van der Waals surface area (Å²) < 4.78 is 5.14. The first kappa shape index (κ1) is 15.3. The van der Waals surface area contributed by atoms with E-state index in [9.17, 15) is 4.79 Å². The lowest BCUT2D eigenvalue weighted by Crippen LogP contribution is -2.07. The Morgan fingerprint density at radius 2 is 2.29 bits per heavy atom. The summed E-state index contributed by atoms with van der Waals surface area (Å²) in [5.41, 5.74) is 3.87. The molecule has 21 heavy (non-hydrogen) atoms. The van der Waals surface area contributed by atoms with Crippen molar-refractivity contribution in [2.24, 2.45) is 0 Å². The minimum atomic E-state index is -0.317. The number of hydrogen-bond acceptors (Lipinski definition) is 5. The number of aryl methyl sites for hydroxylation is 2. The van der Waals surface area contributed by atoms with Gasteiger partial charge in [0.1, 0.15) is 0 Å². The number of aromatic amines is 1. The molecule has 0 spiro atoms. The molecular formula is C15H19N3O2S. The molecular weight excluding hydrogens is 286 g/mol.